The molecule has 0 unspecified atom stereocenters. The minimum atomic E-state index is -0.216. The lowest BCUT2D eigenvalue weighted by atomic mass is 10.1. The highest BCUT2D eigenvalue weighted by molar-refractivity contribution is 5.91. The monoisotopic (exact) mass is 307 g/mol. The third kappa shape index (κ3) is 4.59. The van der Waals surface area contributed by atoms with Crippen molar-refractivity contribution in [3.05, 3.63) is 23.7 Å². The van der Waals surface area contributed by atoms with Gasteiger partial charge in [0.2, 0.25) is 5.91 Å². The van der Waals surface area contributed by atoms with E-state index in [0.29, 0.717) is 38.5 Å². The van der Waals surface area contributed by atoms with Gasteiger partial charge in [-0.1, -0.05) is 0 Å². The van der Waals surface area contributed by atoms with Gasteiger partial charge in [0.25, 0.3) is 5.91 Å². The number of carbonyl (C=O) groups excluding carboxylic acids is 2. The summed E-state index contributed by atoms with van der Waals surface area (Å²) in [4.78, 5) is 28.0. The molecule has 122 valence electrons. The van der Waals surface area contributed by atoms with Crippen molar-refractivity contribution in [2.75, 3.05) is 32.7 Å². The number of hydrogen-bond donors (Lipinski definition) is 1. The topological polar surface area (TPSA) is 65.8 Å². The maximum absolute atomic E-state index is 12.3. The first-order valence-corrected chi connectivity index (χ1v) is 7.64. The Kier molecular flexibility index (Phi) is 4.90. The van der Waals surface area contributed by atoms with E-state index in [1.165, 1.54) is 0 Å². The van der Waals surface area contributed by atoms with Gasteiger partial charge in [0.15, 0.2) is 5.76 Å². The van der Waals surface area contributed by atoms with Crippen LogP contribution in [-0.2, 0) is 4.79 Å². The maximum atomic E-state index is 12.3. The van der Waals surface area contributed by atoms with Gasteiger partial charge in [-0.05, 0) is 39.8 Å². The van der Waals surface area contributed by atoms with Crippen molar-refractivity contribution in [2.24, 2.45) is 0 Å². The predicted octanol–water partition coefficient (Wildman–Crippen LogP) is 1.26. The molecule has 0 atom stereocenters. The fourth-order valence-corrected chi connectivity index (χ4v) is 2.48. The van der Waals surface area contributed by atoms with Crippen molar-refractivity contribution >= 4 is 11.8 Å². The summed E-state index contributed by atoms with van der Waals surface area (Å²) in [5.41, 5.74) is -0.216. The molecule has 2 amide bonds. The summed E-state index contributed by atoms with van der Waals surface area (Å²) in [7, 11) is 0. The van der Waals surface area contributed by atoms with E-state index in [-0.39, 0.29) is 17.4 Å². The molecule has 1 aliphatic rings. The predicted molar refractivity (Wildman–Crippen MR) is 83.7 cm³/mol. The number of piperazine rings is 1. The van der Waals surface area contributed by atoms with Crippen LogP contribution in [0, 0.1) is 6.92 Å². The van der Waals surface area contributed by atoms with Crippen LogP contribution in [-0.4, -0.2) is 59.9 Å². The first-order valence-electron chi connectivity index (χ1n) is 7.64. The zero-order valence-corrected chi connectivity index (χ0v) is 13.8. The Balaban J connectivity index is 1.80. The molecule has 0 bridgehead atoms. The van der Waals surface area contributed by atoms with Crippen molar-refractivity contribution in [3.8, 4) is 0 Å². The van der Waals surface area contributed by atoms with Crippen LogP contribution in [0.25, 0.3) is 0 Å². The third-order valence-electron chi connectivity index (χ3n) is 3.49. The zero-order valence-electron chi connectivity index (χ0n) is 13.8. The van der Waals surface area contributed by atoms with Crippen molar-refractivity contribution in [3.63, 3.8) is 0 Å². The van der Waals surface area contributed by atoms with Crippen molar-refractivity contribution < 1.29 is 14.0 Å². The molecule has 0 saturated carbocycles. The van der Waals surface area contributed by atoms with Gasteiger partial charge in [0.05, 0.1) is 6.54 Å². The van der Waals surface area contributed by atoms with Gasteiger partial charge < -0.3 is 14.6 Å². The number of furan rings is 1. The van der Waals surface area contributed by atoms with E-state index >= 15 is 0 Å². The quantitative estimate of drug-likeness (QED) is 0.913. The summed E-state index contributed by atoms with van der Waals surface area (Å²) in [6.45, 7) is 10.7. The molecule has 1 saturated heterocycles. The van der Waals surface area contributed by atoms with Crippen LogP contribution in [0.5, 0.6) is 0 Å². The molecule has 0 aromatic carbocycles. The Labute approximate surface area is 131 Å². The fraction of sp³-hybridized carbons (Fsp3) is 0.625. The van der Waals surface area contributed by atoms with Gasteiger partial charge >= 0.3 is 0 Å². The minimum Gasteiger partial charge on any atom is -0.456 e. The highest BCUT2D eigenvalue weighted by Gasteiger charge is 2.25. The van der Waals surface area contributed by atoms with E-state index in [1.54, 1.807) is 17.0 Å². The van der Waals surface area contributed by atoms with Crippen LogP contribution in [0.15, 0.2) is 16.5 Å². The second-order valence-electron chi connectivity index (χ2n) is 6.78. The van der Waals surface area contributed by atoms with Crippen LogP contribution in [0.4, 0.5) is 0 Å². The number of nitrogens with zero attached hydrogens (tertiary/aromatic N) is 2. The Hall–Kier alpha value is -1.82. The Bertz CT molecular complexity index is 537. The second-order valence-corrected chi connectivity index (χ2v) is 6.78. The summed E-state index contributed by atoms with van der Waals surface area (Å²) < 4.78 is 5.38. The summed E-state index contributed by atoms with van der Waals surface area (Å²) in [6.07, 6.45) is 0. The highest BCUT2D eigenvalue weighted by Crippen LogP contribution is 2.12. The van der Waals surface area contributed by atoms with E-state index in [9.17, 15) is 9.59 Å². The molecular formula is C16H25N3O3. The first-order chi connectivity index (χ1) is 10.2. The number of amides is 2. The zero-order chi connectivity index (χ0) is 16.3. The molecule has 2 heterocycles. The number of nitrogens with one attached hydrogen (secondary N) is 1. The molecule has 1 aromatic rings. The van der Waals surface area contributed by atoms with Gasteiger partial charge in [0, 0.05) is 31.7 Å². The third-order valence-corrected chi connectivity index (χ3v) is 3.49. The lowest BCUT2D eigenvalue weighted by Crippen LogP contribution is -2.52. The molecule has 0 aliphatic carbocycles. The van der Waals surface area contributed by atoms with Crippen LogP contribution >= 0.6 is 0 Å². The average molecular weight is 307 g/mol. The molecule has 0 radical (unpaired) electrons. The molecule has 2 rings (SSSR count). The van der Waals surface area contributed by atoms with E-state index in [0.717, 1.165) is 5.76 Å². The number of carbonyl (C=O) groups is 2. The Morgan fingerprint density at radius 3 is 2.32 bits per heavy atom. The fourth-order valence-electron chi connectivity index (χ4n) is 2.48. The summed E-state index contributed by atoms with van der Waals surface area (Å²) in [5, 5.41) is 2.95. The van der Waals surface area contributed by atoms with Crippen molar-refractivity contribution in [1.29, 1.82) is 0 Å². The van der Waals surface area contributed by atoms with Gasteiger partial charge in [0.1, 0.15) is 5.76 Å². The molecule has 0 spiro atoms. The lowest BCUT2D eigenvalue weighted by Gasteiger charge is -2.34. The lowest BCUT2D eigenvalue weighted by molar-refractivity contribution is -0.124. The average Bonchev–Trinajstić information content (AvgIpc) is 2.83. The normalized spacial score (nSPS) is 16.6. The van der Waals surface area contributed by atoms with Crippen LogP contribution < -0.4 is 5.32 Å². The SMILES string of the molecule is Cc1ccc(C(=O)N2CCN(CC(=O)NC(C)(C)C)CC2)o1. The molecule has 6 nitrogen and oxygen atoms in total. The smallest absolute Gasteiger partial charge is 0.289 e. The van der Waals surface area contributed by atoms with Crippen LogP contribution in [0.2, 0.25) is 0 Å². The van der Waals surface area contributed by atoms with Crippen LogP contribution in [0.3, 0.4) is 0 Å². The van der Waals surface area contributed by atoms with Crippen LogP contribution in [0.1, 0.15) is 37.1 Å². The Morgan fingerprint density at radius 1 is 1.18 bits per heavy atom. The van der Waals surface area contributed by atoms with E-state index < -0.39 is 0 Å². The molecule has 1 aromatic heterocycles. The van der Waals surface area contributed by atoms with Crippen molar-refractivity contribution in [1.82, 2.24) is 15.1 Å². The number of hydrogen-bond acceptors (Lipinski definition) is 4. The maximum Gasteiger partial charge on any atom is 0.289 e. The van der Waals surface area contributed by atoms with Gasteiger partial charge in [-0.25, -0.2) is 0 Å². The molecular weight excluding hydrogens is 282 g/mol. The first kappa shape index (κ1) is 16.5. The van der Waals surface area contributed by atoms with E-state index in [1.807, 2.05) is 27.7 Å². The summed E-state index contributed by atoms with van der Waals surface area (Å²) >= 11 is 0. The van der Waals surface area contributed by atoms with Gasteiger partial charge in [-0.3, -0.25) is 14.5 Å². The van der Waals surface area contributed by atoms with Crippen molar-refractivity contribution in [2.45, 2.75) is 33.2 Å². The standard InChI is InChI=1S/C16H25N3O3/c1-12-5-6-13(22-12)15(21)19-9-7-18(8-10-19)11-14(20)17-16(2,3)4/h5-6H,7-11H2,1-4H3,(H,17,20). The van der Waals surface area contributed by atoms with Gasteiger partial charge in [-0.15, -0.1) is 0 Å². The molecule has 6 heteroatoms. The summed E-state index contributed by atoms with van der Waals surface area (Å²) in [5.74, 6) is 1.07. The minimum absolute atomic E-state index is 0.0222. The van der Waals surface area contributed by atoms with Gasteiger partial charge in [-0.2, -0.15) is 0 Å². The summed E-state index contributed by atoms with van der Waals surface area (Å²) in [6, 6.07) is 3.50. The molecule has 22 heavy (non-hydrogen) atoms. The molecule has 1 aliphatic heterocycles. The van der Waals surface area contributed by atoms with E-state index in [2.05, 4.69) is 10.2 Å². The number of aryl methyl sites for hydroxylation is 1. The largest absolute Gasteiger partial charge is 0.456 e. The van der Waals surface area contributed by atoms with E-state index in [4.69, 9.17) is 4.42 Å². The second kappa shape index (κ2) is 6.52. The molecule has 1 fully saturated rings. The number of rotatable bonds is 3. The Morgan fingerprint density at radius 2 is 1.82 bits per heavy atom. The highest BCUT2D eigenvalue weighted by atomic mass is 16.3. The molecule has 1 N–H and O–H groups in total.